The van der Waals surface area contributed by atoms with Crippen molar-refractivity contribution in [2.75, 3.05) is 5.88 Å². The van der Waals surface area contributed by atoms with Crippen molar-refractivity contribution >= 4 is 11.6 Å². The minimum atomic E-state index is 0.245. The fraction of sp³-hybridized carbons (Fsp3) is 0.684. The number of alkyl halides is 1. The average Bonchev–Trinajstić information content (AvgIpc) is 2.99. The molecule has 0 spiro atoms. The number of hydrogen-bond donors (Lipinski definition) is 0. The van der Waals surface area contributed by atoms with Crippen LogP contribution < -0.4 is 0 Å². The zero-order valence-electron chi connectivity index (χ0n) is 13.1. The molecule has 3 unspecified atom stereocenters. The summed E-state index contributed by atoms with van der Waals surface area (Å²) in [7, 11) is 0. The Morgan fingerprint density at radius 1 is 1.15 bits per heavy atom. The largest absolute Gasteiger partial charge is 0.126 e. The summed E-state index contributed by atoms with van der Waals surface area (Å²) in [6.07, 6.45) is 6.85. The summed E-state index contributed by atoms with van der Waals surface area (Å²) in [6, 6.07) is 9.29. The summed E-state index contributed by atoms with van der Waals surface area (Å²) in [5, 5.41) is 0. The van der Waals surface area contributed by atoms with Crippen molar-refractivity contribution < 1.29 is 0 Å². The quantitative estimate of drug-likeness (QED) is 0.638. The van der Waals surface area contributed by atoms with Crippen LogP contribution in [0.4, 0.5) is 0 Å². The van der Waals surface area contributed by atoms with Gasteiger partial charge in [0, 0.05) is 5.88 Å². The molecule has 1 aromatic carbocycles. The third-order valence-electron chi connectivity index (χ3n) is 5.74. The highest BCUT2D eigenvalue weighted by Gasteiger charge is 2.50. The van der Waals surface area contributed by atoms with Crippen LogP contribution in [-0.4, -0.2) is 5.88 Å². The number of fused-ring (bicyclic) bond motifs is 2. The molecule has 2 bridgehead atoms. The van der Waals surface area contributed by atoms with Crippen LogP contribution in [0.25, 0.3) is 0 Å². The lowest BCUT2D eigenvalue weighted by Gasteiger charge is -2.36. The van der Waals surface area contributed by atoms with Crippen molar-refractivity contribution in [3.8, 4) is 0 Å². The van der Waals surface area contributed by atoms with Gasteiger partial charge in [0.2, 0.25) is 0 Å². The van der Waals surface area contributed by atoms with E-state index in [0.717, 1.165) is 17.7 Å². The minimum absolute atomic E-state index is 0.245. The second-order valence-corrected chi connectivity index (χ2v) is 8.47. The second-order valence-electron chi connectivity index (χ2n) is 8.20. The van der Waals surface area contributed by atoms with E-state index in [1.165, 1.54) is 43.2 Å². The van der Waals surface area contributed by atoms with E-state index in [1.54, 1.807) is 0 Å². The highest BCUT2D eigenvalue weighted by molar-refractivity contribution is 6.18. The molecule has 0 aliphatic heterocycles. The Morgan fingerprint density at radius 2 is 1.85 bits per heavy atom. The zero-order chi connectivity index (χ0) is 14.4. The number of benzene rings is 1. The molecule has 0 N–H and O–H groups in total. The molecule has 2 aliphatic rings. The maximum Gasteiger partial charge on any atom is 0.0285 e. The summed E-state index contributed by atoms with van der Waals surface area (Å²) in [6.45, 7) is 6.83. The number of halogens is 1. The Kier molecular flexibility index (Phi) is 3.65. The van der Waals surface area contributed by atoms with Gasteiger partial charge in [-0.2, -0.15) is 0 Å². The SMILES string of the molecule is CC(C)(C)c1ccc(CC2(CCl)CC3CCC2C3)cc1. The molecule has 3 atom stereocenters. The minimum Gasteiger partial charge on any atom is -0.126 e. The van der Waals surface area contributed by atoms with Crippen molar-refractivity contribution in [1.29, 1.82) is 0 Å². The van der Waals surface area contributed by atoms with Crippen molar-refractivity contribution in [3.05, 3.63) is 35.4 Å². The predicted molar refractivity (Wildman–Crippen MR) is 87.4 cm³/mol. The molecule has 2 fully saturated rings. The lowest BCUT2D eigenvalue weighted by molar-refractivity contribution is 0.193. The normalized spacial score (nSPS) is 32.8. The number of rotatable bonds is 3. The van der Waals surface area contributed by atoms with Crippen LogP contribution in [0, 0.1) is 17.3 Å². The highest BCUT2D eigenvalue weighted by atomic mass is 35.5. The molecule has 0 radical (unpaired) electrons. The summed E-state index contributed by atoms with van der Waals surface area (Å²) < 4.78 is 0. The van der Waals surface area contributed by atoms with E-state index in [1.807, 2.05) is 0 Å². The monoisotopic (exact) mass is 290 g/mol. The van der Waals surface area contributed by atoms with Crippen LogP contribution in [0.2, 0.25) is 0 Å². The summed E-state index contributed by atoms with van der Waals surface area (Å²) in [4.78, 5) is 0. The van der Waals surface area contributed by atoms with Gasteiger partial charge < -0.3 is 0 Å². The molecule has 0 aromatic heterocycles. The smallest absolute Gasteiger partial charge is 0.0285 e. The molecular weight excluding hydrogens is 264 g/mol. The van der Waals surface area contributed by atoms with Crippen molar-refractivity contribution in [2.24, 2.45) is 17.3 Å². The molecular formula is C19H27Cl. The Bertz CT molecular complexity index is 468. The fourth-order valence-electron chi connectivity index (χ4n) is 4.51. The van der Waals surface area contributed by atoms with E-state index in [2.05, 4.69) is 45.0 Å². The van der Waals surface area contributed by atoms with E-state index in [-0.39, 0.29) is 5.41 Å². The molecule has 1 heteroatoms. The first-order valence-corrected chi connectivity index (χ1v) is 8.62. The molecule has 0 nitrogen and oxygen atoms in total. The maximum atomic E-state index is 6.41. The maximum absolute atomic E-state index is 6.41. The average molecular weight is 291 g/mol. The van der Waals surface area contributed by atoms with Crippen LogP contribution in [0.3, 0.4) is 0 Å². The lowest BCUT2D eigenvalue weighted by atomic mass is 9.70. The zero-order valence-corrected chi connectivity index (χ0v) is 13.8. The summed E-state index contributed by atoms with van der Waals surface area (Å²) >= 11 is 6.41. The lowest BCUT2D eigenvalue weighted by Crippen LogP contribution is -2.32. The van der Waals surface area contributed by atoms with Gasteiger partial charge in [-0.15, -0.1) is 11.6 Å². The highest BCUT2D eigenvalue weighted by Crippen LogP contribution is 2.57. The van der Waals surface area contributed by atoms with E-state index in [4.69, 9.17) is 11.6 Å². The topological polar surface area (TPSA) is 0 Å². The van der Waals surface area contributed by atoms with Gasteiger partial charge >= 0.3 is 0 Å². The molecule has 110 valence electrons. The molecule has 1 aromatic rings. The Hall–Kier alpha value is -0.490. The molecule has 3 rings (SSSR count). The van der Waals surface area contributed by atoms with Gasteiger partial charge in [-0.3, -0.25) is 0 Å². The van der Waals surface area contributed by atoms with Crippen LogP contribution >= 0.6 is 11.6 Å². The second kappa shape index (κ2) is 5.05. The van der Waals surface area contributed by atoms with Crippen LogP contribution in [-0.2, 0) is 11.8 Å². The third kappa shape index (κ3) is 2.52. The van der Waals surface area contributed by atoms with Crippen molar-refractivity contribution in [1.82, 2.24) is 0 Å². The van der Waals surface area contributed by atoms with Gasteiger partial charge in [-0.25, -0.2) is 0 Å². The molecule has 0 heterocycles. The van der Waals surface area contributed by atoms with Gasteiger partial charge in [-0.05, 0) is 59.5 Å². The standard InChI is InChI=1S/C19H27Cl/c1-18(2,3)16-7-4-14(5-8-16)11-19(13-20)12-15-6-9-17(19)10-15/h4-5,7-8,15,17H,6,9-13H2,1-3H3. The molecule has 0 saturated heterocycles. The summed E-state index contributed by atoms with van der Waals surface area (Å²) in [5.41, 5.74) is 3.54. The third-order valence-corrected chi connectivity index (χ3v) is 6.28. The first-order valence-electron chi connectivity index (χ1n) is 8.08. The molecule has 0 amide bonds. The Labute approximate surface area is 128 Å². The Morgan fingerprint density at radius 3 is 2.30 bits per heavy atom. The van der Waals surface area contributed by atoms with Crippen LogP contribution in [0.5, 0.6) is 0 Å². The van der Waals surface area contributed by atoms with Crippen molar-refractivity contribution in [2.45, 2.75) is 58.3 Å². The molecule has 20 heavy (non-hydrogen) atoms. The fourth-order valence-corrected chi connectivity index (χ4v) is 4.94. The molecule has 2 saturated carbocycles. The van der Waals surface area contributed by atoms with E-state index >= 15 is 0 Å². The van der Waals surface area contributed by atoms with E-state index < -0.39 is 0 Å². The predicted octanol–water partition coefficient (Wildman–Crippen LogP) is 5.57. The van der Waals surface area contributed by atoms with Gasteiger partial charge in [-0.1, -0.05) is 51.5 Å². The van der Waals surface area contributed by atoms with Gasteiger partial charge in [0.15, 0.2) is 0 Å². The van der Waals surface area contributed by atoms with Crippen molar-refractivity contribution in [3.63, 3.8) is 0 Å². The number of hydrogen-bond acceptors (Lipinski definition) is 0. The van der Waals surface area contributed by atoms with E-state index in [9.17, 15) is 0 Å². The van der Waals surface area contributed by atoms with E-state index in [0.29, 0.717) is 5.41 Å². The first-order chi connectivity index (χ1) is 9.43. The summed E-state index contributed by atoms with van der Waals surface area (Å²) in [5.74, 6) is 2.69. The van der Waals surface area contributed by atoms with Crippen LogP contribution in [0.1, 0.15) is 57.6 Å². The van der Waals surface area contributed by atoms with Crippen LogP contribution in [0.15, 0.2) is 24.3 Å². The van der Waals surface area contributed by atoms with Gasteiger partial charge in [0.1, 0.15) is 0 Å². The Balaban J connectivity index is 1.77. The molecule has 2 aliphatic carbocycles. The van der Waals surface area contributed by atoms with Gasteiger partial charge in [0.05, 0.1) is 0 Å². The van der Waals surface area contributed by atoms with Gasteiger partial charge in [0.25, 0.3) is 0 Å². The first kappa shape index (κ1) is 14.4.